The van der Waals surface area contributed by atoms with Crippen molar-refractivity contribution >= 4 is 50.5 Å². The average molecular weight is 503 g/mol. The Kier molecular flexibility index (Phi) is 6.29. The summed E-state index contributed by atoms with van der Waals surface area (Å²) in [6.07, 6.45) is 2.40. The molecule has 1 aliphatic rings. The first kappa shape index (κ1) is 23.9. The lowest BCUT2D eigenvalue weighted by Crippen LogP contribution is -2.73. The summed E-state index contributed by atoms with van der Waals surface area (Å²) in [5, 5.41) is 18.7. The molecule has 19 heteroatoms. The summed E-state index contributed by atoms with van der Waals surface area (Å²) in [6, 6.07) is -2.69. The maximum atomic E-state index is 12.9. The van der Waals surface area contributed by atoms with E-state index in [9.17, 15) is 27.4 Å². The molecular formula is C14H17N9O8S2. The van der Waals surface area contributed by atoms with E-state index in [0.717, 1.165) is 6.33 Å². The quantitative estimate of drug-likeness (QED) is 0.120. The SMILES string of the molecule is CC(C)(O/N=C(\C(=O)NC1C(=O)N(S(=O)(=O)O)C1Cn1cncn1)c1nsc(N)n1)C(=O)O. The molecule has 33 heavy (non-hydrogen) atoms. The fraction of sp³-hybridized carbons (Fsp3) is 0.429. The molecule has 0 aromatic carbocycles. The number of nitrogens with zero attached hydrogens (tertiary/aromatic N) is 7. The molecule has 0 spiro atoms. The third-order valence-corrected chi connectivity index (χ3v) is 5.78. The summed E-state index contributed by atoms with van der Waals surface area (Å²) in [5.74, 6) is -3.93. The predicted octanol–water partition coefficient (Wildman–Crippen LogP) is -2.51. The smallest absolute Gasteiger partial charge is 0.362 e. The van der Waals surface area contributed by atoms with Crippen LogP contribution >= 0.6 is 11.5 Å². The first-order valence-corrected chi connectivity index (χ1v) is 11.0. The van der Waals surface area contributed by atoms with Crippen LogP contribution in [0.3, 0.4) is 0 Å². The summed E-state index contributed by atoms with van der Waals surface area (Å²) >= 11 is 0.714. The van der Waals surface area contributed by atoms with Crippen LogP contribution in [0.1, 0.15) is 19.7 Å². The number of oxime groups is 1. The molecule has 3 rings (SSSR count). The molecule has 2 amide bonds. The second-order valence-corrected chi connectivity index (χ2v) is 9.12. The van der Waals surface area contributed by atoms with Crippen LogP contribution in [0.2, 0.25) is 0 Å². The normalized spacial score (nSPS) is 19.2. The minimum Gasteiger partial charge on any atom is -0.478 e. The number of rotatable bonds is 9. The van der Waals surface area contributed by atoms with Gasteiger partial charge in [-0.25, -0.2) is 14.1 Å². The molecule has 178 valence electrons. The number of β-lactam (4-membered cyclic amide) rings is 1. The predicted molar refractivity (Wildman–Crippen MR) is 108 cm³/mol. The van der Waals surface area contributed by atoms with Gasteiger partial charge in [0.25, 0.3) is 11.8 Å². The largest absolute Gasteiger partial charge is 0.478 e. The Morgan fingerprint density at radius 1 is 1.42 bits per heavy atom. The lowest BCUT2D eigenvalue weighted by molar-refractivity contribution is -0.161. The highest BCUT2D eigenvalue weighted by Gasteiger charge is 2.54. The Hall–Kier alpha value is -3.71. The zero-order valence-electron chi connectivity index (χ0n) is 16.9. The first-order valence-electron chi connectivity index (χ1n) is 8.84. The van der Waals surface area contributed by atoms with Crippen molar-refractivity contribution in [1.82, 2.24) is 33.7 Å². The minimum absolute atomic E-state index is 0.0377. The average Bonchev–Trinajstić information content (AvgIpc) is 3.36. The van der Waals surface area contributed by atoms with Crippen LogP contribution in [0.25, 0.3) is 0 Å². The number of hydrogen-bond donors (Lipinski definition) is 4. The van der Waals surface area contributed by atoms with E-state index < -0.39 is 51.5 Å². The lowest BCUT2D eigenvalue weighted by Gasteiger charge is -2.43. The number of anilines is 1. The molecule has 2 unspecified atom stereocenters. The van der Waals surface area contributed by atoms with Crippen molar-refractivity contribution in [3.05, 3.63) is 18.5 Å². The van der Waals surface area contributed by atoms with Gasteiger partial charge in [-0.1, -0.05) is 5.16 Å². The van der Waals surface area contributed by atoms with E-state index in [1.807, 2.05) is 0 Å². The fourth-order valence-electron chi connectivity index (χ4n) is 2.58. The first-order chi connectivity index (χ1) is 15.3. The van der Waals surface area contributed by atoms with Crippen LogP contribution in [-0.2, 0) is 36.1 Å². The molecule has 3 heterocycles. The van der Waals surface area contributed by atoms with Crippen molar-refractivity contribution < 1.29 is 37.3 Å². The Bertz CT molecular complexity index is 1210. The van der Waals surface area contributed by atoms with Crippen molar-refractivity contribution in [2.45, 2.75) is 38.1 Å². The molecule has 2 atom stereocenters. The number of hydrogen-bond acceptors (Lipinski definition) is 13. The third-order valence-electron chi connectivity index (χ3n) is 4.29. The van der Waals surface area contributed by atoms with Crippen LogP contribution in [0.4, 0.5) is 5.13 Å². The van der Waals surface area contributed by atoms with Gasteiger partial charge in [-0.05, 0) is 13.8 Å². The van der Waals surface area contributed by atoms with E-state index in [4.69, 9.17) is 15.7 Å². The van der Waals surface area contributed by atoms with Crippen LogP contribution in [0.5, 0.6) is 0 Å². The minimum atomic E-state index is -4.93. The maximum Gasteiger partial charge on any atom is 0.362 e. The summed E-state index contributed by atoms with van der Waals surface area (Å²) in [6.45, 7) is 2.10. The molecule has 5 N–H and O–H groups in total. The number of amides is 2. The topological polar surface area (TPSA) is 245 Å². The highest BCUT2D eigenvalue weighted by molar-refractivity contribution is 7.84. The molecule has 17 nitrogen and oxygen atoms in total. The number of nitrogens with one attached hydrogen (secondary N) is 1. The van der Waals surface area contributed by atoms with E-state index in [2.05, 4.69) is 29.9 Å². The molecule has 1 fully saturated rings. The van der Waals surface area contributed by atoms with Crippen molar-refractivity contribution in [3.63, 3.8) is 0 Å². The van der Waals surface area contributed by atoms with Gasteiger partial charge in [-0.3, -0.25) is 18.8 Å². The molecule has 0 saturated carbocycles. The van der Waals surface area contributed by atoms with Crippen molar-refractivity contribution in [2.24, 2.45) is 5.16 Å². The van der Waals surface area contributed by atoms with Gasteiger partial charge in [0.05, 0.1) is 12.6 Å². The van der Waals surface area contributed by atoms with Crippen molar-refractivity contribution in [2.75, 3.05) is 5.73 Å². The van der Waals surface area contributed by atoms with E-state index in [-0.39, 0.29) is 21.8 Å². The zero-order chi connectivity index (χ0) is 24.6. The van der Waals surface area contributed by atoms with E-state index in [1.165, 1.54) is 24.9 Å². The molecular weight excluding hydrogens is 486 g/mol. The van der Waals surface area contributed by atoms with Gasteiger partial charge in [0, 0.05) is 11.5 Å². The number of aromatic nitrogens is 5. The summed E-state index contributed by atoms with van der Waals surface area (Å²) in [4.78, 5) is 49.0. The van der Waals surface area contributed by atoms with Gasteiger partial charge in [-0.2, -0.15) is 22.9 Å². The van der Waals surface area contributed by atoms with Gasteiger partial charge in [0.15, 0.2) is 5.13 Å². The monoisotopic (exact) mass is 503 g/mol. The molecule has 1 aliphatic heterocycles. The number of carboxylic acids is 1. The second-order valence-electron chi connectivity index (χ2n) is 7.05. The van der Waals surface area contributed by atoms with Gasteiger partial charge >= 0.3 is 16.3 Å². The maximum absolute atomic E-state index is 12.9. The van der Waals surface area contributed by atoms with Crippen molar-refractivity contribution in [3.8, 4) is 0 Å². The van der Waals surface area contributed by atoms with Crippen LogP contribution in [0, 0.1) is 0 Å². The fourth-order valence-corrected chi connectivity index (χ4v) is 3.89. The third kappa shape index (κ3) is 5.04. The van der Waals surface area contributed by atoms with E-state index in [1.54, 1.807) is 0 Å². The number of aliphatic carboxylic acids is 1. The number of carbonyl (C=O) groups excluding carboxylic acids is 2. The molecule has 1 saturated heterocycles. The summed E-state index contributed by atoms with van der Waals surface area (Å²) in [7, 11) is -4.93. The Labute approximate surface area is 189 Å². The van der Waals surface area contributed by atoms with Gasteiger partial charge < -0.3 is 21.0 Å². The van der Waals surface area contributed by atoms with Crippen LogP contribution in [0.15, 0.2) is 17.8 Å². The molecule has 2 aromatic rings. The zero-order valence-corrected chi connectivity index (χ0v) is 18.5. The molecule has 2 aromatic heterocycles. The highest BCUT2D eigenvalue weighted by Crippen LogP contribution is 2.25. The van der Waals surface area contributed by atoms with Gasteiger partial charge in [-0.15, -0.1) is 0 Å². The number of carbonyl (C=O) groups is 3. The molecule has 0 aliphatic carbocycles. The highest BCUT2D eigenvalue weighted by atomic mass is 32.2. The Balaban J connectivity index is 1.88. The molecule has 0 radical (unpaired) electrons. The number of nitrogens with two attached hydrogens (primary N) is 1. The summed E-state index contributed by atoms with van der Waals surface area (Å²) in [5.41, 5.74) is 3.07. The Morgan fingerprint density at radius 3 is 2.64 bits per heavy atom. The van der Waals surface area contributed by atoms with Gasteiger partial charge in [0.2, 0.25) is 17.1 Å². The summed E-state index contributed by atoms with van der Waals surface area (Å²) < 4.78 is 37.7. The standard InChI is InChI=1S/C14H17N9O8S2/c1-14(2,12(26)27)31-20-8(9-19-13(15)32-21-9)10(24)18-7-6(3-22-5-16-4-17-22)23(11(7)25)33(28,29)30/h4-7H,3H2,1-2H3,(H,18,24)(H,26,27)(H2,15,19,21)(H,28,29,30)/b20-8-. The lowest BCUT2D eigenvalue weighted by atomic mass is 9.98. The second kappa shape index (κ2) is 8.67. The Morgan fingerprint density at radius 2 is 2.12 bits per heavy atom. The van der Waals surface area contributed by atoms with E-state index in [0.29, 0.717) is 11.5 Å². The van der Waals surface area contributed by atoms with E-state index >= 15 is 0 Å². The number of nitrogen functional groups attached to an aromatic ring is 1. The number of carboxylic acid groups (broad SMARTS) is 1. The van der Waals surface area contributed by atoms with Crippen LogP contribution < -0.4 is 11.1 Å². The van der Waals surface area contributed by atoms with Crippen LogP contribution in [-0.4, -0.2) is 87.7 Å². The van der Waals surface area contributed by atoms with Gasteiger partial charge in [0.1, 0.15) is 18.7 Å². The van der Waals surface area contributed by atoms with Crippen molar-refractivity contribution in [1.29, 1.82) is 0 Å². The molecule has 0 bridgehead atoms.